The van der Waals surface area contributed by atoms with E-state index in [2.05, 4.69) is 17.6 Å². The molecule has 28 heavy (non-hydrogen) atoms. The minimum absolute atomic E-state index is 0.298. The molecule has 0 unspecified atom stereocenters. The maximum Gasteiger partial charge on any atom is 0.320 e. The molecule has 1 fully saturated rings. The molecule has 1 aliphatic heterocycles. The number of urea groups is 1. The second kappa shape index (κ2) is 9.55. The minimum atomic E-state index is -0.589. The smallest absolute Gasteiger partial charge is 0.320 e. The number of anilines is 1. The predicted octanol–water partition coefficient (Wildman–Crippen LogP) is 4.83. The van der Waals surface area contributed by atoms with Crippen molar-refractivity contribution in [3.8, 4) is 5.75 Å². The van der Waals surface area contributed by atoms with Gasteiger partial charge in [-0.15, -0.1) is 0 Å². The summed E-state index contributed by atoms with van der Waals surface area (Å²) in [4.78, 5) is 12.8. The molecule has 5 nitrogen and oxygen atoms in total. The minimum Gasteiger partial charge on any atom is -0.491 e. The van der Waals surface area contributed by atoms with E-state index in [0.29, 0.717) is 44.1 Å². The van der Waals surface area contributed by atoms with Crippen LogP contribution in [0.3, 0.4) is 0 Å². The molecule has 0 atom stereocenters. The Labute approximate surface area is 165 Å². The first kappa shape index (κ1) is 20.1. The molecule has 3 rings (SSSR count). The highest BCUT2D eigenvalue weighted by molar-refractivity contribution is 5.91. The van der Waals surface area contributed by atoms with Crippen molar-refractivity contribution in [2.24, 2.45) is 0 Å². The van der Waals surface area contributed by atoms with Crippen LogP contribution in [0.5, 0.6) is 5.75 Å². The summed E-state index contributed by atoms with van der Waals surface area (Å²) in [5.41, 5.74) is 0.908. The maximum absolute atomic E-state index is 13.4. The maximum atomic E-state index is 13.4. The van der Waals surface area contributed by atoms with E-state index in [0.717, 1.165) is 18.4 Å². The first-order valence-corrected chi connectivity index (χ1v) is 9.78. The van der Waals surface area contributed by atoms with Gasteiger partial charge in [0.15, 0.2) is 0 Å². The number of nitrogens with one attached hydrogen (secondary N) is 2. The zero-order chi connectivity index (χ0) is 19.8. The number of benzene rings is 2. The largest absolute Gasteiger partial charge is 0.491 e. The molecule has 1 aliphatic rings. The van der Waals surface area contributed by atoms with E-state index >= 15 is 0 Å². The molecule has 2 aromatic rings. The Morgan fingerprint density at radius 2 is 1.86 bits per heavy atom. The van der Waals surface area contributed by atoms with Crippen LogP contribution < -0.4 is 15.4 Å². The first-order valence-electron chi connectivity index (χ1n) is 9.78. The summed E-state index contributed by atoms with van der Waals surface area (Å²) in [6.07, 6.45) is 3.24. The van der Waals surface area contributed by atoms with E-state index < -0.39 is 5.54 Å². The molecule has 6 heteroatoms. The molecule has 0 bridgehead atoms. The summed E-state index contributed by atoms with van der Waals surface area (Å²) in [6.45, 7) is 3.78. The standard InChI is InChI=1S/C22H27FN2O3/c1-2-3-14-28-20-7-5-4-6-19(20)24-21(26)25-22(12-15-27-16-13-22)17-8-10-18(23)11-9-17/h4-11H,2-3,12-16H2,1H3,(H2,24,25,26). The highest BCUT2D eigenvalue weighted by Gasteiger charge is 2.36. The lowest BCUT2D eigenvalue weighted by molar-refractivity contribution is 0.0417. The Balaban J connectivity index is 1.74. The third-order valence-electron chi connectivity index (χ3n) is 4.99. The number of amides is 2. The number of halogens is 1. The van der Waals surface area contributed by atoms with Crippen molar-refractivity contribution in [3.63, 3.8) is 0 Å². The molecule has 2 N–H and O–H groups in total. The Morgan fingerprint density at radius 1 is 1.14 bits per heavy atom. The molecular weight excluding hydrogens is 359 g/mol. The van der Waals surface area contributed by atoms with Crippen LogP contribution in [0.25, 0.3) is 0 Å². The Kier molecular flexibility index (Phi) is 6.87. The number of rotatable bonds is 7. The summed E-state index contributed by atoms with van der Waals surface area (Å²) < 4.78 is 24.6. The molecule has 0 aliphatic carbocycles. The fourth-order valence-corrected chi connectivity index (χ4v) is 3.37. The average molecular weight is 386 g/mol. The molecule has 2 aromatic carbocycles. The summed E-state index contributed by atoms with van der Waals surface area (Å²) in [6, 6.07) is 13.4. The number of unbranched alkanes of at least 4 members (excludes halogenated alkanes) is 1. The predicted molar refractivity (Wildman–Crippen MR) is 107 cm³/mol. The van der Waals surface area contributed by atoms with Crippen LogP contribution in [-0.4, -0.2) is 25.9 Å². The normalized spacial score (nSPS) is 15.6. The molecule has 0 radical (unpaired) electrons. The van der Waals surface area contributed by atoms with E-state index in [4.69, 9.17) is 9.47 Å². The third kappa shape index (κ3) is 5.01. The SMILES string of the molecule is CCCCOc1ccccc1NC(=O)NC1(c2ccc(F)cc2)CCOCC1. The number of hydrogen-bond donors (Lipinski definition) is 2. The van der Waals surface area contributed by atoms with Crippen LogP contribution in [0.2, 0.25) is 0 Å². The number of carbonyl (C=O) groups excluding carboxylic acids is 1. The van der Waals surface area contributed by atoms with Crippen molar-refractivity contribution >= 4 is 11.7 Å². The number of carbonyl (C=O) groups is 1. The van der Waals surface area contributed by atoms with Gasteiger partial charge in [0.05, 0.1) is 17.8 Å². The van der Waals surface area contributed by atoms with Gasteiger partial charge in [0.2, 0.25) is 0 Å². The Hall–Kier alpha value is -2.60. The Morgan fingerprint density at radius 3 is 2.57 bits per heavy atom. The van der Waals surface area contributed by atoms with E-state index in [1.807, 2.05) is 24.3 Å². The van der Waals surface area contributed by atoms with Crippen molar-refractivity contribution in [2.75, 3.05) is 25.1 Å². The van der Waals surface area contributed by atoms with Gasteiger partial charge in [-0.1, -0.05) is 37.6 Å². The summed E-state index contributed by atoms with van der Waals surface area (Å²) in [5.74, 6) is 0.350. The van der Waals surface area contributed by atoms with Crippen molar-refractivity contribution in [1.29, 1.82) is 0 Å². The lowest BCUT2D eigenvalue weighted by Gasteiger charge is -2.38. The zero-order valence-electron chi connectivity index (χ0n) is 16.2. The van der Waals surface area contributed by atoms with Crippen molar-refractivity contribution in [3.05, 3.63) is 59.9 Å². The van der Waals surface area contributed by atoms with Crippen molar-refractivity contribution < 1.29 is 18.7 Å². The molecule has 0 aromatic heterocycles. The number of para-hydroxylation sites is 2. The third-order valence-corrected chi connectivity index (χ3v) is 4.99. The summed E-state index contributed by atoms with van der Waals surface area (Å²) in [7, 11) is 0. The van der Waals surface area contributed by atoms with Crippen LogP contribution in [-0.2, 0) is 10.3 Å². The zero-order valence-corrected chi connectivity index (χ0v) is 16.2. The van der Waals surface area contributed by atoms with Gasteiger partial charge in [0.25, 0.3) is 0 Å². The van der Waals surface area contributed by atoms with Crippen LogP contribution >= 0.6 is 0 Å². The van der Waals surface area contributed by atoms with Gasteiger partial charge in [-0.2, -0.15) is 0 Å². The lowest BCUT2D eigenvalue weighted by Crippen LogP contribution is -2.50. The van der Waals surface area contributed by atoms with Gasteiger partial charge in [0.1, 0.15) is 11.6 Å². The molecular formula is C22H27FN2O3. The second-order valence-corrected chi connectivity index (χ2v) is 6.98. The number of hydrogen-bond acceptors (Lipinski definition) is 3. The quantitative estimate of drug-likeness (QED) is 0.670. The molecule has 1 saturated heterocycles. The van der Waals surface area contributed by atoms with Gasteiger partial charge in [-0.25, -0.2) is 9.18 Å². The topological polar surface area (TPSA) is 59.6 Å². The highest BCUT2D eigenvalue weighted by atomic mass is 19.1. The molecule has 2 amide bonds. The van der Waals surface area contributed by atoms with Gasteiger partial charge < -0.3 is 20.1 Å². The molecule has 150 valence electrons. The van der Waals surface area contributed by atoms with Crippen molar-refractivity contribution in [1.82, 2.24) is 5.32 Å². The van der Waals surface area contributed by atoms with Crippen molar-refractivity contribution in [2.45, 2.75) is 38.1 Å². The van der Waals surface area contributed by atoms with E-state index in [-0.39, 0.29) is 11.8 Å². The molecule has 1 heterocycles. The van der Waals surface area contributed by atoms with Gasteiger partial charge in [-0.05, 0) is 49.1 Å². The molecule has 0 spiro atoms. The lowest BCUT2D eigenvalue weighted by atomic mass is 9.83. The molecule has 0 saturated carbocycles. The van der Waals surface area contributed by atoms with Crippen LogP contribution in [0.4, 0.5) is 14.9 Å². The first-order chi connectivity index (χ1) is 13.6. The van der Waals surface area contributed by atoms with Gasteiger partial charge >= 0.3 is 6.03 Å². The van der Waals surface area contributed by atoms with Crippen LogP contribution in [0, 0.1) is 5.82 Å². The van der Waals surface area contributed by atoms with Gasteiger partial charge in [-0.3, -0.25) is 0 Å². The average Bonchev–Trinajstić information content (AvgIpc) is 2.70. The summed E-state index contributed by atoms with van der Waals surface area (Å²) >= 11 is 0. The number of ether oxygens (including phenoxy) is 2. The van der Waals surface area contributed by atoms with E-state index in [1.54, 1.807) is 12.1 Å². The summed E-state index contributed by atoms with van der Waals surface area (Å²) in [5, 5.41) is 6.00. The van der Waals surface area contributed by atoms with Crippen LogP contribution in [0.1, 0.15) is 38.2 Å². The fourth-order valence-electron chi connectivity index (χ4n) is 3.37. The monoisotopic (exact) mass is 386 g/mol. The second-order valence-electron chi connectivity index (χ2n) is 6.98. The van der Waals surface area contributed by atoms with Crippen LogP contribution in [0.15, 0.2) is 48.5 Å². The van der Waals surface area contributed by atoms with E-state index in [1.165, 1.54) is 12.1 Å². The Bertz CT molecular complexity index is 774. The van der Waals surface area contributed by atoms with Gasteiger partial charge in [0, 0.05) is 13.2 Å². The highest BCUT2D eigenvalue weighted by Crippen LogP contribution is 2.33. The fraction of sp³-hybridized carbons (Fsp3) is 0.409. The van der Waals surface area contributed by atoms with E-state index in [9.17, 15) is 9.18 Å².